The van der Waals surface area contributed by atoms with Gasteiger partial charge in [-0.2, -0.15) is 4.98 Å². The molecule has 2 fully saturated rings. The van der Waals surface area contributed by atoms with Gasteiger partial charge in [-0.3, -0.25) is 4.79 Å². The zero-order valence-corrected chi connectivity index (χ0v) is 19.0. The standard InChI is InChI=1S/C23H32ClN5O2/c1-17-4-2-12-28(16-17)13-3-11-25-22(30)19-9-14-29(15-10-19)23-26-21(27-31-23)18-5-7-20(24)8-6-18/h5-8,17,19H,2-4,9-16H2,1H3,(H,25,30)/t17-/m1/s1. The van der Waals surface area contributed by atoms with Crippen LogP contribution in [0.2, 0.25) is 5.02 Å². The van der Waals surface area contributed by atoms with Gasteiger partial charge < -0.3 is 19.6 Å². The molecule has 0 saturated carbocycles. The highest BCUT2D eigenvalue weighted by Gasteiger charge is 2.27. The number of anilines is 1. The number of halogens is 1. The number of hydrogen-bond acceptors (Lipinski definition) is 6. The lowest BCUT2D eigenvalue weighted by atomic mass is 9.96. The Kier molecular flexibility index (Phi) is 7.45. The number of carbonyl (C=O) groups excluding carboxylic acids is 1. The fraction of sp³-hybridized carbons (Fsp3) is 0.609. The SMILES string of the molecule is C[C@@H]1CCCN(CCCNC(=O)C2CCN(c3nc(-c4ccc(Cl)cc4)no3)CC2)C1. The molecule has 2 saturated heterocycles. The molecule has 0 radical (unpaired) electrons. The van der Waals surface area contributed by atoms with Crippen molar-refractivity contribution < 1.29 is 9.32 Å². The molecule has 1 aromatic carbocycles. The molecule has 0 bridgehead atoms. The first kappa shape index (κ1) is 22.1. The molecular formula is C23H32ClN5O2. The minimum absolute atomic E-state index is 0.0601. The quantitative estimate of drug-likeness (QED) is 0.652. The first-order valence-corrected chi connectivity index (χ1v) is 11.8. The van der Waals surface area contributed by atoms with Crippen molar-refractivity contribution in [2.45, 2.75) is 39.0 Å². The first-order valence-electron chi connectivity index (χ1n) is 11.4. The molecule has 1 amide bonds. The van der Waals surface area contributed by atoms with Crippen molar-refractivity contribution in [2.75, 3.05) is 44.2 Å². The summed E-state index contributed by atoms with van der Waals surface area (Å²) in [7, 11) is 0. The zero-order valence-electron chi connectivity index (χ0n) is 18.2. The molecule has 1 N–H and O–H groups in total. The number of piperidine rings is 2. The second-order valence-corrected chi connectivity index (χ2v) is 9.30. The lowest BCUT2D eigenvalue weighted by Crippen LogP contribution is -2.41. The van der Waals surface area contributed by atoms with E-state index < -0.39 is 0 Å². The molecule has 3 heterocycles. The molecule has 31 heavy (non-hydrogen) atoms. The highest BCUT2D eigenvalue weighted by Crippen LogP contribution is 2.25. The van der Waals surface area contributed by atoms with Gasteiger partial charge in [0.1, 0.15) is 0 Å². The van der Waals surface area contributed by atoms with E-state index in [1.807, 2.05) is 24.3 Å². The van der Waals surface area contributed by atoms with Crippen molar-refractivity contribution in [2.24, 2.45) is 11.8 Å². The van der Waals surface area contributed by atoms with Gasteiger partial charge in [0.15, 0.2) is 0 Å². The van der Waals surface area contributed by atoms with Crippen LogP contribution in [0, 0.1) is 11.8 Å². The van der Waals surface area contributed by atoms with Crippen LogP contribution in [0.25, 0.3) is 11.4 Å². The molecule has 2 aliphatic rings. The van der Waals surface area contributed by atoms with E-state index >= 15 is 0 Å². The number of hydrogen-bond donors (Lipinski definition) is 1. The van der Waals surface area contributed by atoms with Crippen molar-refractivity contribution >= 4 is 23.5 Å². The van der Waals surface area contributed by atoms with E-state index in [1.165, 1.54) is 25.9 Å². The Hall–Kier alpha value is -2.12. The van der Waals surface area contributed by atoms with E-state index in [2.05, 4.69) is 32.2 Å². The van der Waals surface area contributed by atoms with Crippen LogP contribution < -0.4 is 10.2 Å². The lowest BCUT2D eigenvalue weighted by Gasteiger charge is -2.31. The van der Waals surface area contributed by atoms with E-state index in [1.54, 1.807) is 0 Å². The Morgan fingerprint density at radius 3 is 2.71 bits per heavy atom. The minimum Gasteiger partial charge on any atom is -0.356 e. The van der Waals surface area contributed by atoms with Gasteiger partial charge in [0, 0.05) is 42.7 Å². The van der Waals surface area contributed by atoms with Crippen molar-refractivity contribution in [3.05, 3.63) is 29.3 Å². The minimum atomic E-state index is 0.0601. The Morgan fingerprint density at radius 1 is 1.19 bits per heavy atom. The molecule has 0 aliphatic carbocycles. The fourth-order valence-electron chi connectivity index (χ4n) is 4.54. The lowest BCUT2D eigenvalue weighted by molar-refractivity contribution is -0.125. The van der Waals surface area contributed by atoms with Crippen LogP contribution in [0.1, 0.15) is 39.0 Å². The second kappa shape index (κ2) is 10.5. The molecule has 4 rings (SSSR count). The zero-order chi connectivity index (χ0) is 21.6. The summed E-state index contributed by atoms with van der Waals surface area (Å²) < 4.78 is 5.46. The number of carbonyl (C=O) groups is 1. The first-order chi connectivity index (χ1) is 15.1. The van der Waals surface area contributed by atoms with Crippen molar-refractivity contribution in [1.82, 2.24) is 20.4 Å². The molecule has 2 aromatic rings. The normalized spacial score (nSPS) is 20.7. The maximum absolute atomic E-state index is 12.6. The number of aromatic nitrogens is 2. The summed E-state index contributed by atoms with van der Waals surface area (Å²) in [6.45, 7) is 8.05. The predicted octanol–water partition coefficient (Wildman–Crippen LogP) is 3.84. The maximum atomic E-state index is 12.6. The summed E-state index contributed by atoms with van der Waals surface area (Å²) in [5.41, 5.74) is 0.868. The van der Waals surface area contributed by atoms with E-state index in [4.69, 9.17) is 16.1 Å². The summed E-state index contributed by atoms with van der Waals surface area (Å²) in [6.07, 6.45) is 5.26. The number of nitrogens with one attached hydrogen (secondary N) is 1. The third-order valence-corrected chi connectivity index (χ3v) is 6.60. The Bertz CT molecular complexity index is 848. The van der Waals surface area contributed by atoms with Gasteiger partial charge in [-0.15, -0.1) is 0 Å². The van der Waals surface area contributed by atoms with Crippen LogP contribution >= 0.6 is 11.6 Å². The van der Waals surface area contributed by atoms with E-state index in [0.29, 0.717) is 16.9 Å². The summed E-state index contributed by atoms with van der Waals surface area (Å²) in [4.78, 5) is 21.7. The molecule has 1 atom stereocenters. The van der Waals surface area contributed by atoms with Crippen LogP contribution in [-0.4, -0.2) is 60.2 Å². The third kappa shape index (κ3) is 5.98. The van der Waals surface area contributed by atoms with Gasteiger partial charge in [-0.1, -0.05) is 23.7 Å². The van der Waals surface area contributed by atoms with Gasteiger partial charge in [0.25, 0.3) is 0 Å². The van der Waals surface area contributed by atoms with Gasteiger partial charge >= 0.3 is 6.01 Å². The number of nitrogens with zero attached hydrogens (tertiary/aromatic N) is 4. The average molecular weight is 446 g/mol. The molecule has 1 aromatic heterocycles. The second-order valence-electron chi connectivity index (χ2n) is 8.86. The molecule has 8 heteroatoms. The number of likely N-dealkylation sites (tertiary alicyclic amines) is 1. The van der Waals surface area contributed by atoms with E-state index in [0.717, 1.165) is 56.9 Å². The molecule has 0 unspecified atom stereocenters. The molecule has 7 nitrogen and oxygen atoms in total. The van der Waals surface area contributed by atoms with Crippen LogP contribution in [0.4, 0.5) is 6.01 Å². The number of amides is 1. The summed E-state index contributed by atoms with van der Waals surface area (Å²) in [6, 6.07) is 7.88. The highest BCUT2D eigenvalue weighted by molar-refractivity contribution is 6.30. The summed E-state index contributed by atoms with van der Waals surface area (Å²) in [5.74, 6) is 1.59. The van der Waals surface area contributed by atoms with Crippen molar-refractivity contribution in [3.63, 3.8) is 0 Å². The van der Waals surface area contributed by atoms with Gasteiger partial charge in [-0.05, 0) is 75.4 Å². The average Bonchev–Trinajstić information content (AvgIpc) is 3.27. The van der Waals surface area contributed by atoms with Crippen molar-refractivity contribution in [3.8, 4) is 11.4 Å². The van der Waals surface area contributed by atoms with Gasteiger partial charge in [0.05, 0.1) is 0 Å². The Morgan fingerprint density at radius 2 is 1.97 bits per heavy atom. The summed E-state index contributed by atoms with van der Waals surface area (Å²) in [5, 5.41) is 7.90. The van der Waals surface area contributed by atoms with Crippen molar-refractivity contribution in [1.29, 1.82) is 0 Å². The highest BCUT2D eigenvalue weighted by atomic mass is 35.5. The topological polar surface area (TPSA) is 74.5 Å². The van der Waals surface area contributed by atoms with Crippen LogP contribution in [0.15, 0.2) is 28.8 Å². The monoisotopic (exact) mass is 445 g/mol. The number of rotatable bonds is 7. The van der Waals surface area contributed by atoms with Gasteiger partial charge in [0.2, 0.25) is 11.7 Å². The third-order valence-electron chi connectivity index (χ3n) is 6.35. The predicted molar refractivity (Wildman–Crippen MR) is 122 cm³/mol. The molecule has 0 spiro atoms. The molecule has 2 aliphatic heterocycles. The fourth-order valence-corrected chi connectivity index (χ4v) is 4.67. The van der Waals surface area contributed by atoms with Gasteiger partial charge in [-0.25, -0.2) is 0 Å². The van der Waals surface area contributed by atoms with Crippen LogP contribution in [0.5, 0.6) is 0 Å². The molecule has 168 valence electrons. The maximum Gasteiger partial charge on any atom is 0.324 e. The Labute approximate surface area is 189 Å². The largest absolute Gasteiger partial charge is 0.356 e. The Balaban J connectivity index is 1.18. The van der Waals surface area contributed by atoms with E-state index in [9.17, 15) is 4.79 Å². The summed E-state index contributed by atoms with van der Waals surface area (Å²) >= 11 is 5.94. The number of benzene rings is 1. The molecular weight excluding hydrogens is 414 g/mol. The van der Waals surface area contributed by atoms with Crippen LogP contribution in [-0.2, 0) is 4.79 Å². The van der Waals surface area contributed by atoms with Crippen LogP contribution in [0.3, 0.4) is 0 Å². The van der Waals surface area contributed by atoms with E-state index in [-0.39, 0.29) is 11.8 Å². The smallest absolute Gasteiger partial charge is 0.324 e.